The summed E-state index contributed by atoms with van der Waals surface area (Å²) in [6.45, 7) is 13.6. The van der Waals surface area contributed by atoms with Crippen LogP contribution in [0, 0.1) is 33.6 Å². The molecule has 2 N–H and O–H groups in total. The summed E-state index contributed by atoms with van der Waals surface area (Å²) in [5.41, 5.74) is 8.38. The molecule has 1 aliphatic rings. The van der Waals surface area contributed by atoms with Crippen LogP contribution in [0.5, 0.6) is 0 Å². The van der Waals surface area contributed by atoms with Crippen LogP contribution < -0.4 is 5.32 Å². The number of carbonyl (C=O) groups excluding carboxylic acids is 1. The van der Waals surface area contributed by atoms with Crippen molar-refractivity contribution >= 4 is 28.8 Å². The first-order valence-electron chi connectivity index (χ1n) is 14.5. The zero-order valence-corrected chi connectivity index (χ0v) is 27.4. The Balaban J connectivity index is 0.000000206. The first-order chi connectivity index (χ1) is 19.9. The minimum atomic E-state index is -0.568. The van der Waals surface area contributed by atoms with Gasteiger partial charge in [0, 0.05) is 43.0 Å². The van der Waals surface area contributed by atoms with Crippen molar-refractivity contribution in [3.05, 3.63) is 79.4 Å². The van der Waals surface area contributed by atoms with Crippen molar-refractivity contribution < 1.29 is 14.6 Å². The van der Waals surface area contributed by atoms with Gasteiger partial charge in [-0.3, -0.25) is 9.97 Å². The fraction of sp³-hybridized carbons (Fsp3) is 0.441. The monoisotopic (exact) mass is 605 g/mol. The third-order valence-electron chi connectivity index (χ3n) is 7.06. The molecule has 0 bridgehead atoms. The van der Waals surface area contributed by atoms with Gasteiger partial charge >= 0.3 is 6.09 Å². The molecule has 42 heavy (non-hydrogen) atoms. The van der Waals surface area contributed by atoms with Crippen LogP contribution in [-0.2, 0) is 17.6 Å². The van der Waals surface area contributed by atoms with Crippen molar-refractivity contribution in [1.29, 1.82) is 0 Å². The Labute approximate surface area is 258 Å². The van der Waals surface area contributed by atoms with Crippen LogP contribution in [0.2, 0.25) is 0 Å². The fourth-order valence-corrected chi connectivity index (χ4v) is 6.02. The molecule has 0 saturated heterocycles. The van der Waals surface area contributed by atoms with Crippen molar-refractivity contribution in [3.63, 3.8) is 0 Å². The minimum Gasteiger partial charge on any atom is -0.444 e. The Morgan fingerprint density at radius 2 is 1.45 bits per heavy atom. The van der Waals surface area contributed by atoms with E-state index >= 15 is 0 Å². The number of aliphatic hydroxyl groups is 1. The fourth-order valence-electron chi connectivity index (χ4n) is 4.62. The van der Waals surface area contributed by atoms with E-state index < -0.39 is 17.7 Å². The maximum Gasteiger partial charge on any atom is 0.407 e. The Morgan fingerprint density at radius 1 is 0.929 bits per heavy atom. The lowest BCUT2D eigenvalue weighted by Gasteiger charge is -2.23. The van der Waals surface area contributed by atoms with Gasteiger partial charge in [-0.1, -0.05) is 12.1 Å². The third-order valence-corrected chi connectivity index (χ3v) is 8.78. The summed E-state index contributed by atoms with van der Waals surface area (Å²) in [5.74, 6) is 0.935. The number of alkyl carbamates (subject to hydrolysis) is 1. The number of aryl methyl sites for hydroxylation is 4. The molecule has 6 nitrogen and oxygen atoms in total. The van der Waals surface area contributed by atoms with Gasteiger partial charge in [0.05, 0.1) is 24.0 Å². The Kier molecular flexibility index (Phi) is 10.6. The summed E-state index contributed by atoms with van der Waals surface area (Å²) in [4.78, 5) is 23.9. The largest absolute Gasteiger partial charge is 0.444 e. The summed E-state index contributed by atoms with van der Waals surface area (Å²) in [7, 11) is 0. The SMILES string of the molecule is Cc1cc(-c2ccc(CC(CO)NC(=O)OC(C)(C)C)c(C)n2)cs1.Cc1cc(-c2ccc(CC3CC3)c(C)n2)cs1. The van der Waals surface area contributed by atoms with E-state index in [4.69, 9.17) is 9.72 Å². The molecule has 4 aromatic rings. The van der Waals surface area contributed by atoms with Gasteiger partial charge < -0.3 is 15.2 Å². The van der Waals surface area contributed by atoms with Crippen LogP contribution in [0.15, 0.2) is 47.2 Å². The lowest BCUT2D eigenvalue weighted by molar-refractivity contribution is 0.0482. The van der Waals surface area contributed by atoms with E-state index in [2.05, 4.69) is 66.1 Å². The van der Waals surface area contributed by atoms with E-state index in [0.29, 0.717) is 6.42 Å². The number of aromatic nitrogens is 2. The molecule has 0 aromatic carbocycles. The molecule has 4 aromatic heterocycles. The zero-order chi connectivity index (χ0) is 30.4. The second kappa shape index (κ2) is 13.9. The molecule has 5 rings (SSSR count). The number of ether oxygens (including phenoxy) is 1. The number of amides is 1. The van der Waals surface area contributed by atoms with Gasteiger partial charge in [0.1, 0.15) is 5.60 Å². The maximum absolute atomic E-state index is 11.9. The van der Waals surface area contributed by atoms with E-state index in [1.54, 1.807) is 43.4 Å². The first kappa shape index (κ1) is 31.9. The number of nitrogens with zero attached hydrogens (tertiary/aromatic N) is 2. The highest BCUT2D eigenvalue weighted by Gasteiger charge is 2.23. The minimum absolute atomic E-state index is 0.163. The average molecular weight is 606 g/mol. The molecule has 0 aliphatic heterocycles. The molecule has 8 heteroatoms. The lowest BCUT2D eigenvalue weighted by Crippen LogP contribution is -2.42. The summed E-state index contributed by atoms with van der Waals surface area (Å²) in [6.07, 6.45) is 4.01. The average Bonchev–Trinajstić information content (AvgIpc) is 3.46. The van der Waals surface area contributed by atoms with Gasteiger partial charge in [-0.05, 0) is 115 Å². The van der Waals surface area contributed by atoms with Crippen LogP contribution in [0.1, 0.15) is 65.9 Å². The van der Waals surface area contributed by atoms with Crippen LogP contribution in [-0.4, -0.2) is 39.4 Å². The number of thiophene rings is 2. The Morgan fingerprint density at radius 3 is 1.86 bits per heavy atom. The lowest BCUT2D eigenvalue weighted by atomic mass is 10.0. The van der Waals surface area contributed by atoms with Gasteiger partial charge in [-0.25, -0.2) is 4.79 Å². The van der Waals surface area contributed by atoms with E-state index in [1.807, 2.05) is 19.1 Å². The highest BCUT2D eigenvalue weighted by atomic mass is 32.1. The molecule has 0 spiro atoms. The molecule has 4 heterocycles. The number of carbonyl (C=O) groups is 1. The first-order valence-corrected chi connectivity index (χ1v) is 16.3. The third kappa shape index (κ3) is 9.48. The predicted molar refractivity (Wildman–Crippen MR) is 174 cm³/mol. The highest BCUT2D eigenvalue weighted by molar-refractivity contribution is 7.10. The van der Waals surface area contributed by atoms with Crippen LogP contribution in [0.4, 0.5) is 4.79 Å². The Bertz CT molecular complexity index is 1500. The predicted octanol–water partition coefficient (Wildman–Crippen LogP) is 8.23. The maximum atomic E-state index is 11.9. The number of aliphatic hydroxyl groups excluding tert-OH is 1. The van der Waals surface area contributed by atoms with E-state index in [1.165, 1.54) is 45.8 Å². The molecule has 1 amide bonds. The molecule has 224 valence electrons. The van der Waals surface area contributed by atoms with Crippen LogP contribution in [0.25, 0.3) is 22.5 Å². The van der Waals surface area contributed by atoms with E-state index in [-0.39, 0.29) is 6.61 Å². The molecule has 1 saturated carbocycles. The summed E-state index contributed by atoms with van der Waals surface area (Å²) < 4.78 is 5.24. The Hall–Kier alpha value is -3.07. The van der Waals surface area contributed by atoms with Crippen molar-refractivity contribution in [2.45, 2.75) is 85.8 Å². The van der Waals surface area contributed by atoms with Gasteiger partial charge in [0.25, 0.3) is 0 Å². The molecular formula is C34H43N3O3S2. The highest BCUT2D eigenvalue weighted by Crippen LogP contribution is 2.34. The molecule has 1 aliphatic carbocycles. The number of hydrogen-bond acceptors (Lipinski definition) is 7. The smallest absolute Gasteiger partial charge is 0.407 e. The van der Waals surface area contributed by atoms with Gasteiger partial charge in [-0.15, -0.1) is 22.7 Å². The number of nitrogens with one attached hydrogen (secondary N) is 1. The van der Waals surface area contributed by atoms with Crippen LogP contribution in [0.3, 0.4) is 0 Å². The number of hydrogen-bond donors (Lipinski definition) is 2. The molecular weight excluding hydrogens is 563 g/mol. The van der Waals surface area contributed by atoms with Gasteiger partial charge in [0.15, 0.2) is 0 Å². The normalized spacial score (nSPS) is 13.7. The van der Waals surface area contributed by atoms with E-state index in [0.717, 1.165) is 34.1 Å². The second-order valence-corrected chi connectivity index (χ2v) is 14.4. The second-order valence-electron chi connectivity index (χ2n) is 12.2. The van der Waals surface area contributed by atoms with Crippen molar-refractivity contribution in [1.82, 2.24) is 15.3 Å². The van der Waals surface area contributed by atoms with E-state index in [9.17, 15) is 9.90 Å². The van der Waals surface area contributed by atoms with Crippen molar-refractivity contribution in [2.24, 2.45) is 5.92 Å². The molecule has 1 unspecified atom stereocenters. The standard InChI is InChI=1S/C19H26N2O3S.C15H17NS/c1-12-8-15(11-25-12)17-7-6-14(13(2)20-17)9-16(10-22)21-18(23)24-19(3,4)5;1-10-7-14(9-17-10)15-6-5-13(11(2)16-15)8-12-3-4-12/h6-8,11,16,22H,9-10H2,1-5H3,(H,21,23);5-7,9,12H,3-4,8H2,1-2H3. The quantitative estimate of drug-likeness (QED) is 0.211. The topological polar surface area (TPSA) is 84.3 Å². The van der Waals surface area contributed by atoms with Crippen molar-refractivity contribution in [2.75, 3.05) is 6.61 Å². The summed E-state index contributed by atoms with van der Waals surface area (Å²) in [6, 6.07) is 12.3. The van der Waals surface area contributed by atoms with Crippen LogP contribution >= 0.6 is 22.7 Å². The summed E-state index contributed by atoms with van der Waals surface area (Å²) in [5, 5.41) is 16.6. The molecule has 1 atom stereocenters. The summed E-state index contributed by atoms with van der Waals surface area (Å²) >= 11 is 3.49. The number of rotatable bonds is 8. The van der Waals surface area contributed by atoms with Gasteiger partial charge in [-0.2, -0.15) is 0 Å². The van der Waals surface area contributed by atoms with Crippen molar-refractivity contribution in [3.8, 4) is 22.5 Å². The van der Waals surface area contributed by atoms with Gasteiger partial charge in [0.2, 0.25) is 0 Å². The molecule has 1 fully saturated rings. The zero-order valence-electron chi connectivity index (χ0n) is 25.8. The molecule has 0 radical (unpaired) electrons. The number of pyridine rings is 2.